The Bertz CT molecular complexity index is 182. The number of rotatable bonds is 1. The van der Waals surface area contributed by atoms with Crippen LogP contribution in [0.2, 0.25) is 0 Å². The zero-order valence-electron chi connectivity index (χ0n) is 4.26. The highest BCUT2D eigenvalue weighted by Crippen LogP contribution is 1.82. The van der Waals surface area contributed by atoms with Gasteiger partial charge in [0.25, 0.3) is 0 Å². The first kappa shape index (κ1) is 4.85. The van der Waals surface area contributed by atoms with Gasteiger partial charge in [-0.3, -0.25) is 5.10 Å². The summed E-state index contributed by atoms with van der Waals surface area (Å²) in [5.74, 6) is 3.10. The van der Waals surface area contributed by atoms with Crippen LogP contribution in [0.15, 0.2) is 6.33 Å². The Morgan fingerprint density at radius 1 is 1.88 bits per heavy atom. The van der Waals surface area contributed by atoms with Crippen LogP contribution in [0.1, 0.15) is 5.82 Å². The molecule has 0 fully saturated rings. The lowest BCUT2D eigenvalue weighted by Crippen LogP contribution is -1.82. The van der Waals surface area contributed by atoms with Crippen LogP contribution in [0.25, 0.3) is 0 Å². The van der Waals surface area contributed by atoms with Crippen LogP contribution in [0.3, 0.4) is 0 Å². The summed E-state index contributed by atoms with van der Waals surface area (Å²) in [6.07, 6.45) is 6.99. The summed E-state index contributed by atoms with van der Waals surface area (Å²) in [6.45, 7) is 0. The fraction of sp³-hybridized carbons (Fsp3) is 0.200. The summed E-state index contributed by atoms with van der Waals surface area (Å²) in [5, 5.41) is 6.29. The average Bonchev–Trinajstić information content (AvgIpc) is 2.19. The molecule has 0 atom stereocenters. The van der Waals surface area contributed by atoms with E-state index in [2.05, 4.69) is 21.1 Å². The molecule has 1 aromatic rings. The second kappa shape index (κ2) is 2.12. The van der Waals surface area contributed by atoms with Crippen molar-refractivity contribution in [3.05, 3.63) is 12.2 Å². The van der Waals surface area contributed by atoms with E-state index in [1.165, 1.54) is 6.33 Å². The van der Waals surface area contributed by atoms with Crippen LogP contribution in [0, 0.1) is 12.3 Å². The molecule has 0 aliphatic carbocycles. The van der Waals surface area contributed by atoms with Crippen molar-refractivity contribution in [1.82, 2.24) is 15.2 Å². The summed E-state index contributed by atoms with van der Waals surface area (Å²) in [7, 11) is 0. The third kappa shape index (κ3) is 0.850. The lowest BCUT2D eigenvalue weighted by atomic mass is 10.4. The maximum absolute atomic E-state index is 4.98. The number of aromatic amines is 1. The quantitative estimate of drug-likeness (QED) is 0.512. The van der Waals surface area contributed by atoms with Crippen LogP contribution in [0.4, 0.5) is 0 Å². The highest BCUT2D eigenvalue weighted by molar-refractivity contribution is 4.97. The zero-order chi connectivity index (χ0) is 5.82. The SMILES string of the molecule is C#CCc1nc[nH]n1. The van der Waals surface area contributed by atoms with Crippen molar-refractivity contribution in [2.45, 2.75) is 6.42 Å². The number of nitrogens with one attached hydrogen (secondary N) is 1. The van der Waals surface area contributed by atoms with Crippen molar-refractivity contribution >= 4 is 0 Å². The second-order valence-corrected chi connectivity index (χ2v) is 1.30. The normalized spacial score (nSPS) is 8.38. The van der Waals surface area contributed by atoms with Crippen LogP contribution in [0.5, 0.6) is 0 Å². The molecule has 1 aromatic heterocycles. The minimum atomic E-state index is 0.503. The second-order valence-electron chi connectivity index (χ2n) is 1.30. The number of terminal acetylenes is 1. The van der Waals surface area contributed by atoms with E-state index in [0.29, 0.717) is 12.2 Å². The molecule has 1 heterocycles. The van der Waals surface area contributed by atoms with E-state index in [0.717, 1.165) is 0 Å². The summed E-state index contributed by atoms with van der Waals surface area (Å²) in [5.41, 5.74) is 0. The minimum Gasteiger partial charge on any atom is -0.266 e. The van der Waals surface area contributed by atoms with Gasteiger partial charge in [0, 0.05) is 0 Å². The predicted molar refractivity (Wildman–Crippen MR) is 28.9 cm³/mol. The van der Waals surface area contributed by atoms with Gasteiger partial charge >= 0.3 is 0 Å². The third-order valence-corrected chi connectivity index (χ3v) is 0.725. The zero-order valence-corrected chi connectivity index (χ0v) is 4.26. The van der Waals surface area contributed by atoms with Gasteiger partial charge in [0.1, 0.15) is 6.33 Å². The first-order chi connectivity index (χ1) is 3.93. The molecule has 40 valence electrons. The molecule has 0 amide bonds. The van der Waals surface area contributed by atoms with Gasteiger partial charge in [0.15, 0.2) is 5.82 Å². The largest absolute Gasteiger partial charge is 0.266 e. The Hall–Kier alpha value is -1.30. The van der Waals surface area contributed by atoms with Gasteiger partial charge in [0.2, 0.25) is 0 Å². The van der Waals surface area contributed by atoms with E-state index in [9.17, 15) is 0 Å². The molecule has 0 aliphatic heterocycles. The molecule has 0 saturated heterocycles. The molecule has 1 rings (SSSR count). The Balaban J connectivity index is 2.67. The van der Waals surface area contributed by atoms with Crippen molar-refractivity contribution in [2.75, 3.05) is 0 Å². The van der Waals surface area contributed by atoms with Crippen molar-refractivity contribution in [1.29, 1.82) is 0 Å². The van der Waals surface area contributed by atoms with Gasteiger partial charge in [0.05, 0.1) is 6.42 Å². The third-order valence-electron chi connectivity index (χ3n) is 0.725. The molecule has 1 N–H and O–H groups in total. The standard InChI is InChI=1S/C5H5N3/c1-2-3-5-6-4-7-8-5/h1,4H,3H2,(H,6,7,8). The monoisotopic (exact) mass is 107 g/mol. The Labute approximate surface area is 47.1 Å². The molecule has 0 unspecified atom stereocenters. The highest BCUT2D eigenvalue weighted by Gasteiger charge is 1.88. The van der Waals surface area contributed by atoms with Gasteiger partial charge in [-0.1, -0.05) is 5.92 Å². The molecule has 0 aliphatic rings. The Morgan fingerprint density at radius 2 is 2.75 bits per heavy atom. The first-order valence-electron chi connectivity index (χ1n) is 2.21. The maximum atomic E-state index is 4.98. The van der Waals surface area contributed by atoms with Crippen molar-refractivity contribution in [3.63, 3.8) is 0 Å². The van der Waals surface area contributed by atoms with Gasteiger partial charge in [-0.05, 0) is 0 Å². The number of hydrogen-bond acceptors (Lipinski definition) is 2. The highest BCUT2D eigenvalue weighted by atomic mass is 15.2. The average molecular weight is 107 g/mol. The van der Waals surface area contributed by atoms with E-state index >= 15 is 0 Å². The number of H-pyrrole nitrogens is 1. The molecule has 0 spiro atoms. The number of hydrogen-bond donors (Lipinski definition) is 1. The molecule has 0 radical (unpaired) electrons. The van der Waals surface area contributed by atoms with E-state index in [1.54, 1.807) is 0 Å². The van der Waals surface area contributed by atoms with Crippen molar-refractivity contribution in [2.24, 2.45) is 0 Å². The summed E-state index contributed by atoms with van der Waals surface area (Å²) in [4.78, 5) is 3.80. The lowest BCUT2D eigenvalue weighted by Gasteiger charge is -1.75. The fourth-order valence-corrected chi connectivity index (χ4v) is 0.412. The van der Waals surface area contributed by atoms with Crippen molar-refractivity contribution < 1.29 is 0 Å². The molecular formula is C5H5N3. The molecule has 0 saturated carbocycles. The van der Waals surface area contributed by atoms with Crippen molar-refractivity contribution in [3.8, 4) is 12.3 Å². The van der Waals surface area contributed by atoms with Gasteiger partial charge < -0.3 is 0 Å². The molecule has 8 heavy (non-hydrogen) atoms. The van der Waals surface area contributed by atoms with Crippen LogP contribution < -0.4 is 0 Å². The minimum absolute atomic E-state index is 0.503. The van der Waals surface area contributed by atoms with E-state index in [4.69, 9.17) is 6.42 Å². The van der Waals surface area contributed by atoms with Gasteiger partial charge in [-0.15, -0.1) is 6.42 Å². The Morgan fingerprint density at radius 3 is 3.25 bits per heavy atom. The van der Waals surface area contributed by atoms with Crippen LogP contribution in [-0.2, 0) is 6.42 Å². The van der Waals surface area contributed by atoms with Crippen LogP contribution in [-0.4, -0.2) is 15.2 Å². The van der Waals surface area contributed by atoms with Crippen LogP contribution >= 0.6 is 0 Å². The van der Waals surface area contributed by atoms with Gasteiger partial charge in [-0.2, -0.15) is 5.10 Å². The van der Waals surface area contributed by atoms with Gasteiger partial charge in [-0.25, -0.2) is 4.98 Å². The molecule has 0 aromatic carbocycles. The topological polar surface area (TPSA) is 41.6 Å². The van der Waals surface area contributed by atoms with E-state index in [-0.39, 0.29) is 0 Å². The molecule has 3 heteroatoms. The molecule has 0 bridgehead atoms. The summed E-state index contributed by atoms with van der Waals surface area (Å²) >= 11 is 0. The molecule has 3 nitrogen and oxygen atoms in total. The Kier molecular flexibility index (Phi) is 1.29. The summed E-state index contributed by atoms with van der Waals surface area (Å²) in [6, 6.07) is 0. The maximum Gasteiger partial charge on any atom is 0.162 e. The first-order valence-corrected chi connectivity index (χ1v) is 2.21. The smallest absolute Gasteiger partial charge is 0.162 e. The van der Waals surface area contributed by atoms with E-state index in [1.807, 2.05) is 0 Å². The number of aromatic nitrogens is 3. The predicted octanol–water partition coefficient (Wildman–Crippen LogP) is -0.0196. The lowest BCUT2D eigenvalue weighted by molar-refractivity contribution is 1.00. The fourth-order valence-electron chi connectivity index (χ4n) is 0.412. The number of nitrogens with zero attached hydrogens (tertiary/aromatic N) is 2. The molecular weight excluding hydrogens is 102 g/mol. The van der Waals surface area contributed by atoms with E-state index < -0.39 is 0 Å². The summed E-state index contributed by atoms with van der Waals surface area (Å²) < 4.78 is 0.